The van der Waals surface area contributed by atoms with Gasteiger partial charge < -0.3 is 0 Å². The van der Waals surface area contributed by atoms with Crippen LogP contribution in [-0.4, -0.2) is 5.88 Å². The van der Waals surface area contributed by atoms with Gasteiger partial charge in [-0.15, -0.1) is 11.6 Å². The first kappa shape index (κ1) is 11.1. The normalized spacial score (nSPS) is 29.7. The molecule has 1 saturated carbocycles. The van der Waals surface area contributed by atoms with Crippen LogP contribution in [0.3, 0.4) is 0 Å². The van der Waals surface area contributed by atoms with Gasteiger partial charge in [-0.05, 0) is 43.9 Å². The fraction of sp³-hybridized carbons (Fsp3) is 0.833. The average molecular weight is 201 g/mol. The summed E-state index contributed by atoms with van der Waals surface area (Å²) >= 11 is 5.61. The fourth-order valence-electron chi connectivity index (χ4n) is 2.14. The van der Waals surface area contributed by atoms with Crippen molar-refractivity contribution in [3.05, 3.63) is 12.2 Å². The maximum absolute atomic E-state index is 5.61. The highest BCUT2D eigenvalue weighted by Crippen LogP contribution is 2.31. The summed E-state index contributed by atoms with van der Waals surface area (Å²) in [5.74, 6) is 2.63. The summed E-state index contributed by atoms with van der Waals surface area (Å²) in [4.78, 5) is 0. The molecule has 13 heavy (non-hydrogen) atoms. The van der Waals surface area contributed by atoms with Gasteiger partial charge in [-0.3, -0.25) is 0 Å². The molecule has 0 radical (unpaired) electrons. The first-order valence-corrected chi connectivity index (χ1v) is 6.13. The maximum atomic E-state index is 5.61. The van der Waals surface area contributed by atoms with Gasteiger partial charge in [0, 0.05) is 5.88 Å². The second kappa shape index (κ2) is 6.48. The minimum atomic E-state index is 0.765. The molecule has 1 heteroatoms. The topological polar surface area (TPSA) is 0 Å². The van der Waals surface area contributed by atoms with Gasteiger partial charge >= 0.3 is 0 Å². The van der Waals surface area contributed by atoms with E-state index < -0.39 is 0 Å². The molecule has 0 aromatic rings. The van der Waals surface area contributed by atoms with E-state index in [1.54, 1.807) is 0 Å². The minimum Gasteiger partial charge on any atom is -0.126 e. The van der Waals surface area contributed by atoms with E-state index in [9.17, 15) is 0 Å². The molecule has 1 aliphatic carbocycles. The van der Waals surface area contributed by atoms with Crippen LogP contribution >= 0.6 is 11.6 Å². The van der Waals surface area contributed by atoms with Crippen molar-refractivity contribution in [1.29, 1.82) is 0 Å². The predicted octanol–water partition coefficient (Wildman–Crippen LogP) is 4.39. The standard InChI is InChI=1S/C12H21Cl/c1-2-11-6-8-12(9-7-11)5-3-4-10-13/h3,5,11-12H,2,4,6-10H2,1H3/b5-3+. The Morgan fingerprint density at radius 1 is 1.23 bits per heavy atom. The van der Waals surface area contributed by atoms with Crippen LogP contribution in [0.4, 0.5) is 0 Å². The average Bonchev–Trinajstić information content (AvgIpc) is 2.19. The number of hydrogen-bond donors (Lipinski definition) is 0. The fourth-order valence-corrected chi connectivity index (χ4v) is 2.27. The first-order chi connectivity index (χ1) is 6.36. The van der Waals surface area contributed by atoms with E-state index in [0.717, 1.165) is 24.1 Å². The lowest BCUT2D eigenvalue weighted by atomic mass is 9.81. The Morgan fingerprint density at radius 2 is 1.92 bits per heavy atom. The van der Waals surface area contributed by atoms with Crippen molar-refractivity contribution in [2.24, 2.45) is 11.8 Å². The highest BCUT2D eigenvalue weighted by molar-refractivity contribution is 6.17. The molecule has 1 aliphatic rings. The summed E-state index contributed by atoms with van der Waals surface area (Å²) in [5.41, 5.74) is 0. The highest BCUT2D eigenvalue weighted by atomic mass is 35.5. The van der Waals surface area contributed by atoms with Crippen LogP contribution in [0.25, 0.3) is 0 Å². The third-order valence-corrected chi connectivity index (χ3v) is 3.37. The lowest BCUT2D eigenvalue weighted by Crippen LogP contribution is -2.12. The van der Waals surface area contributed by atoms with Gasteiger partial charge in [-0.2, -0.15) is 0 Å². The van der Waals surface area contributed by atoms with E-state index in [0.29, 0.717) is 0 Å². The van der Waals surface area contributed by atoms with Crippen LogP contribution in [0.2, 0.25) is 0 Å². The SMILES string of the molecule is CCC1CCC(/C=C/CCCl)CC1. The molecule has 0 N–H and O–H groups in total. The molecule has 1 rings (SSSR count). The largest absolute Gasteiger partial charge is 0.126 e. The molecule has 0 aromatic carbocycles. The van der Waals surface area contributed by atoms with Crippen LogP contribution in [0.5, 0.6) is 0 Å². The summed E-state index contributed by atoms with van der Waals surface area (Å²) in [6.07, 6.45) is 12.7. The lowest BCUT2D eigenvalue weighted by molar-refractivity contribution is 0.303. The second-order valence-electron chi connectivity index (χ2n) is 4.09. The molecule has 0 heterocycles. The molecule has 0 saturated heterocycles. The van der Waals surface area contributed by atoms with Crippen LogP contribution in [0, 0.1) is 11.8 Å². The number of allylic oxidation sites excluding steroid dienone is 2. The summed E-state index contributed by atoms with van der Waals surface area (Å²) in [7, 11) is 0. The maximum Gasteiger partial charge on any atom is 0.0258 e. The van der Waals surface area contributed by atoms with Crippen LogP contribution in [0.15, 0.2) is 12.2 Å². The zero-order valence-corrected chi connectivity index (χ0v) is 9.39. The van der Waals surface area contributed by atoms with E-state index in [4.69, 9.17) is 11.6 Å². The Morgan fingerprint density at radius 3 is 2.46 bits per heavy atom. The smallest absolute Gasteiger partial charge is 0.0258 e. The summed E-state index contributed by atoms with van der Waals surface area (Å²) < 4.78 is 0. The molecule has 0 aromatic heterocycles. The molecular weight excluding hydrogens is 180 g/mol. The van der Waals surface area contributed by atoms with Crippen molar-refractivity contribution in [2.45, 2.75) is 45.4 Å². The first-order valence-electron chi connectivity index (χ1n) is 5.59. The van der Waals surface area contributed by atoms with Crippen molar-refractivity contribution in [3.8, 4) is 0 Å². The van der Waals surface area contributed by atoms with Crippen LogP contribution < -0.4 is 0 Å². The predicted molar refractivity (Wildman–Crippen MR) is 60.2 cm³/mol. The number of halogens is 1. The Hall–Kier alpha value is 0.0300. The molecular formula is C12H21Cl. The van der Waals surface area contributed by atoms with E-state index in [1.165, 1.54) is 32.1 Å². The molecule has 0 amide bonds. The van der Waals surface area contributed by atoms with Crippen LogP contribution in [0.1, 0.15) is 45.4 Å². The quantitative estimate of drug-likeness (QED) is 0.467. The van der Waals surface area contributed by atoms with Crippen molar-refractivity contribution in [1.82, 2.24) is 0 Å². The van der Waals surface area contributed by atoms with Gasteiger partial charge in [-0.25, -0.2) is 0 Å². The van der Waals surface area contributed by atoms with E-state index in [1.807, 2.05) is 0 Å². The van der Waals surface area contributed by atoms with Crippen molar-refractivity contribution >= 4 is 11.6 Å². The highest BCUT2D eigenvalue weighted by Gasteiger charge is 2.17. The Kier molecular flexibility index (Phi) is 5.54. The van der Waals surface area contributed by atoms with Crippen LogP contribution in [-0.2, 0) is 0 Å². The van der Waals surface area contributed by atoms with E-state index in [-0.39, 0.29) is 0 Å². The Balaban J connectivity index is 2.17. The van der Waals surface area contributed by atoms with Gasteiger partial charge in [0.15, 0.2) is 0 Å². The second-order valence-corrected chi connectivity index (χ2v) is 4.47. The number of hydrogen-bond acceptors (Lipinski definition) is 0. The van der Waals surface area contributed by atoms with E-state index in [2.05, 4.69) is 19.1 Å². The van der Waals surface area contributed by atoms with Crippen molar-refractivity contribution < 1.29 is 0 Å². The minimum absolute atomic E-state index is 0.765. The van der Waals surface area contributed by atoms with E-state index >= 15 is 0 Å². The Bertz CT molecular complexity index is 143. The summed E-state index contributed by atoms with van der Waals surface area (Å²) in [5, 5.41) is 0. The number of rotatable bonds is 4. The monoisotopic (exact) mass is 200 g/mol. The molecule has 0 aliphatic heterocycles. The summed E-state index contributed by atoms with van der Waals surface area (Å²) in [6.45, 7) is 2.31. The van der Waals surface area contributed by atoms with Gasteiger partial charge in [0.05, 0.1) is 0 Å². The molecule has 1 fully saturated rings. The van der Waals surface area contributed by atoms with Gasteiger partial charge in [0.2, 0.25) is 0 Å². The third kappa shape index (κ3) is 4.17. The van der Waals surface area contributed by atoms with Gasteiger partial charge in [0.25, 0.3) is 0 Å². The number of alkyl halides is 1. The molecule has 0 unspecified atom stereocenters. The molecule has 0 spiro atoms. The van der Waals surface area contributed by atoms with Crippen molar-refractivity contribution in [3.63, 3.8) is 0 Å². The van der Waals surface area contributed by atoms with Gasteiger partial charge in [-0.1, -0.05) is 25.5 Å². The lowest BCUT2D eigenvalue weighted by Gasteiger charge is -2.25. The summed E-state index contributed by atoms with van der Waals surface area (Å²) in [6, 6.07) is 0. The third-order valence-electron chi connectivity index (χ3n) is 3.15. The zero-order valence-electron chi connectivity index (χ0n) is 8.64. The molecule has 0 nitrogen and oxygen atoms in total. The molecule has 0 atom stereocenters. The molecule has 76 valence electrons. The van der Waals surface area contributed by atoms with Crippen molar-refractivity contribution in [2.75, 3.05) is 5.88 Å². The zero-order chi connectivity index (χ0) is 9.52. The molecule has 0 bridgehead atoms. The Labute approximate surface area is 87.4 Å². The van der Waals surface area contributed by atoms with Gasteiger partial charge in [0.1, 0.15) is 0 Å².